The second kappa shape index (κ2) is 9.38. The summed E-state index contributed by atoms with van der Waals surface area (Å²) in [6.07, 6.45) is 4.20. The Morgan fingerprint density at radius 3 is 2.38 bits per heavy atom. The quantitative estimate of drug-likeness (QED) is 0.572. The fourth-order valence-electron chi connectivity index (χ4n) is 2.72. The smallest absolute Gasteiger partial charge is 0.274 e. The lowest BCUT2D eigenvalue weighted by atomic mass is 10.2. The van der Waals surface area contributed by atoms with E-state index in [4.69, 9.17) is 0 Å². The van der Waals surface area contributed by atoms with Crippen molar-refractivity contribution in [3.8, 4) is 5.69 Å². The molecule has 6 nitrogen and oxygen atoms in total. The van der Waals surface area contributed by atoms with Gasteiger partial charge in [0.05, 0.1) is 6.20 Å². The molecule has 8 heteroatoms. The van der Waals surface area contributed by atoms with Gasteiger partial charge in [-0.3, -0.25) is 14.2 Å². The first kappa shape index (κ1) is 20.6. The first-order valence-electron chi connectivity index (χ1n) is 9.10. The van der Waals surface area contributed by atoms with Crippen LogP contribution >= 0.6 is 11.8 Å². The second-order valence-corrected chi connectivity index (χ2v) is 7.00. The number of nitrogens with zero attached hydrogens (tertiary/aromatic N) is 2. The SMILES string of the molecule is CCCNC(=O)c1ccc(NC(=O)c2cnc(SC)n2-c2ccc(F)cc2)cc1. The molecule has 0 atom stereocenters. The molecular weight excluding hydrogens is 391 g/mol. The molecule has 0 spiro atoms. The van der Waals surface area contributed by atoms with Gasteiger partial charge in [-0.2, -0.15) is 0 Å². The van der Waals surface area contributed by atoms with Gasteiger partial charge in [-0.1, -0.05) is 18.7 Å². The van der Waals surface area contributed by atoms with Crippen molar-refractivity contribution in [1.29, 1.82) is 0 Å². The van der Waals surface area contributed by atoms with E-state index in [2.05, 4.69) is 15.6 Å². The van der Waals surface area contributed by atoms with Gasteiger partial charge >= 0.3 is 0 Å². The molecule has 0 aliphatic rings. The van der Waals surface area contributed by atoms with Crippen LogP contribution in [0.2, 0.25) is 0 Å². The van der Waals surface area contributed by atoms with Crippen LogP contribution in [0.5, 0.6) is 0 Å². The maximum atomic E-state index is 13.3. The second-order valence-electron chi connectivity index (χ2n) is 6.23. The summed E-state index contributed by atoms with van der Waals surface area (Å²) in [5.41, 5.74) is 2.05. The number of amides is 2. The number of anilines is 1. The van der Waals surface area contributed by atoms with Crippen LogP contribution in [0.3, 0.4) is 0 Å². The lowest BCUT2D eigenvalue weighted by Crippen LogP contribution is -2.23. The summed E-state index contributed by atoms with van der Waals surface area (Å²) in [5.74, 6) is -0.859. The van der Waals surface area contributed by atoms with Crippen LogP contribution in [-0.2, 0) is 0 Å². The standard InChI is InChI=1S/C21H21FN4O2S/c1-3-12-23-19(27)14-4-8-16(9-5-14)25-20(28)18-13-24-21(29-2)26(18)17-10-6-15(22)7-11-17/h4-11,13H,3,12H2,1-2H3,(H,23,27)(H,25,28). The Morgan fingerprint density at radius 1 is 1.07 bits per heavy atom. The highest BCUT2D eigenvalue weighted by Gasteiger charge is 2.18. The normalized spacial score (nSPS) is 10.6. The van der Waals surface area contributed by atoms with Crippen molar-refractivity contribution in [3.63, 3.8) is 0 Å². The van der Waals surface area contributed by atoms with Gasteiger partial charge in [0.1, 0.15) is 11.5 Å². The molecule has 0 fully saturated rings. The van der Waals surface area contributed by atoms with E-state index in [0.29, 0.717) is 34.3 Å². The molecular formula is C21H21FN4O2S. The fraction of sp³-hybridized carbons (Fsp3) is 0.190. The minimum absolute atomic E-state index is 0.149. The zero-order valence-electron chi connectivity index (χ0n) is 16.1. The van der Waals surface area contributed by atoms with Crippen LogP contribution in [0.4, 0.5) is 10.1 Å². The predicted octanol–water partition coefficient (Wildman–Crippen LogP) is 4.13. The van der Waals surface area contributed by atoms with Gasteiger partial charge in [0.15, 0.2) is 5.16 Å². The van der Waals surface area contributed by atoms with Crippen LogP contribution in [0.25, 0.3) is 5.69 Å². The number of halogens is 1. The van der Waals surface area contributed by atoms with Crippen LogP contribution in [0.1, 0.15) is 34.2 Å². The molecule has 0 bridgehead atoms. The zero-order chi connectivity index (χ0) is 20.8. The fourth-order valence-corrected chi connectivity index (χ4v) is 3.26. The van der Waals surface area contributed by atoms with Gasteiger partial charge in [0.2, 0.25) is 0 Å². The van der Waals surface area contributed by atoms with Crippen molar-refractivity contribution in [3.05, 3.63) is 71.8 Å². The van der Waals surface area contributed by atoms with Crippen molar-refractivity contribution in [2.45, 2.75) is 18.5 Å². The summed E-state index contributed by atoms with van der Waals surface area (Å²) in [6, 6.07) is 12.5. The Bertz CT molecular complexity index is 1000. The maximum Gasteiger partial charge on any atom is 0.274 e. The Balaban J connectivity index is 1.80. The summed E-state index contributed by atoms with van der Waals surface area (Å²) in [4.78, 5) is 29.1. The van der Waals surface area contributed by atoms with E-state index in [-0.39, 0.29) is 17.6 Å². The number of rotatable bonds is 7. The van der Waals surface area contributed by atoms with Crippen LogP contribution < -0.4 is 10.6 Å². The highest BCUT2D eigenvalue weighted by atomic mass is 32.2. The molecule has 3 rings (SSSR count). The number of carbonyl (C=O) groups excluding carboxylic acids is 2. The molecule has 1 aromatic heterocycles. The average molecular weight is 412 g/mol. The predicted molar refractivity (Wildman–Crippen MR) is 112 cm³/mol. The molecule has 2 N–H and O–H groups in total. The van der Waals surface area contributed by atoms with Gasteiger partial charge in [-0.15, -0.1) is 0 Å². The summed E-state index contributed by atoms with van der Waals surface area (Å²) >= 11 is 1.38. The highest BCUT2D eigenvalue weighted by molar-refractivity contribution is 7.98. The first-order chi connectivity index (χ1) is 14.0. The van der Waals surface area contributed by atoms with Crippen molar-refractivity contribution in [1.82, 2.24) is 14.9 Å². The first-order valence-corrected chi connectivity index (χ1v) is 10.3. The minimum Gasteiger partial charge on any atom is -0.352 e. The number of aromatic nitrogens is 2. The molecule has 0 saturated heterocycles. The molecule has 29 heavy (non-hydrogen) atoms. The van der Waals surface area contributed by atoms with Crippen molar-refractivity contribution >= 4 is 29.3 Å². The molecule has 150 valence electrons. The third kappa shape index (κ3) is 4.83. The van der Waals surface area contributed by atoms with Gasteiger partial charge in [-0.05, 0) is 61.2 Å². The molecule has 2 aromatic carbocycles. The van der Waals surface area contributed by atoms with Crippen LogP contribution in [-0.4, -0.2) is 34.2 Å². The topological polar surface area (TPSA) is 76.0 Å². The third-order valence-electron chi connectivity index (χ3n) is 4.17. The summed E-state index contributed by atoms with van der Waals surface area (Å²) in [7, 11) is 0. The van der Waals surface area contributed by atoms with E-state index in [0.717, 1.165) is 6.42 Å². The van der Waals surface area contributed by atoms with Crippen molar-refractivity contribution in [2.24, 2.45) is 0 Å². The molecule has 0 aliphatic heterocycles. The minimum atomic E-state index is -0.356. The molecule has 0 radical (unpaired) electrons. The Morgan fingerprint density at radius 2 is 1.76 bits per heavy atom. The number of thioether (sulfide) groups is 1. The lowest BCUT2D eigenvalue weighted by Gasteiger charge is -2.11. The molecule has 0 saturated carbocycles. The number of hydrogen-bond acceptors (Lipinski definition) is 4. The van der Waals surface area contributed by atoms with Gasteiger partial charge in [0.25, 0.3) is 11.8 Å². The number of hydrogen-bond donors (Lipinski definition) is 2. The summed E-state index contributed by atoms with van der Waals surface area (Å²) < 4.78 is 15.0. The van der Waals surface area contributed by atoms with Gasteiger partial charge in [-0.25, -0.2) is 9.37 Å². The lowest BCUT2D eigenvalue weighted by molar-refractivity contribution is 0.0953. The average Bonchev–Trinajstić information content (AvgIpc) is 3.17. The summed E-state index contributed by atoms with van der Waals surface area (Å²) in [6.45, 7) is 2.60. The van der Waals surface area contributed by atoms with E-state index in [9.17, 15) is 14.0 Å². The molecule has 0 unspecified atom stereocenters. The number of imidazole rings is 1. The number of benzene rings is 2. The highest BCUT2D eigenvalue weighted by Crippen LogP contribution is 2.23. The summed E-state index contributed by atoms with van der Waals surface area (Å²) in [5, 5.41) is 6.23. The monoisotopic (exact) mass is 412 g/mol. The number of carbonyl (C=O) groups is 2. The molecule has 1 heterocycles. The van der Waals surface area contributed by atoms with Crippen LogP contribution in [0.15, 0.2) is 59.9 Å². The van der Waals surface area contributed by atoms with E-state index in [1.807, 2.05) is 13.2 Å². The largest absolute Gasteiger partial charge is 0.352 e. The molecule has 0 aliphatic carbocycles. The van der Waals surface area contributed by atoms with Crippen molar-refractivity contribution < 1.29 is 14.0 Å². The van der Waals surface area contributed by atoms with Crippen molar-refractivity contribution in [2.75, 3.05) is 18.1 Å². The molecule has 2 amide bonds. The zero-order valence-corrected chi connectivity index (χ0v) is 16.9. The molecule has 3 aromatic rings. The maximum absolute atomic E-state index is 13.3. The van der Waals surface area contributed by atoms with E-state index in [1.54, 1.807) is 41.0 Å². The Kier molecular flexibility index (Phi) is 6.66. The van der Waals surface area contributed by atoms with Gasteiger partial charge in [0, 0.05) is 23.5 Å². The van der Waals surface area contributed by atoms with Crippen LogP contribution in [0, 0.1) is 5.82 Å². The third-order valence-corrected chi connectivity index (χ3v) is 4.82. The van der Waals surface area contributed by atoms with E-state index >= 15 is 0 Å². The Labute approximate surface area is 172 Å². The van der Waals surface area contributed by atoms with E-state index < -0.39 is 0 Å². The van der Waals surface area contributed by atoms with Gasteiger partial charge < -0.3 is 10.6 Å². The number of nitrogens with one attached hydrogen (secondary N) is 2. The van der Waals surface area contributed by atoms with E-state index in [1.165, 1.54) is 30.1 Å². The Hall–Kier alpha value is -3.13.